The Hall–Kier alpha value is -1.22. The first-order chi connectivity index (χ1) is 8.83. The Bertz CT molecular complexity index is 508. The topological polar surface area (TPSA) is 38.7 Å². The molecule has 0 amide bonds. The van der Waals surface area contributed by atoms with Crippen molar-refractivity contribution in [2.75, 3.05) is 13.7 Å². The molecule has 1 aliphatic heterocycles. The van der Waals surface area contributed by atoms with Crippen molar-refractivity contribution in [1.29, 1.82) is 0 Å². The lowest BCUT2D eigenvalue weighted by Gasteiger charge is -2.45. The summed E-state index contributed by atoms with van der Waals surface area (Å²) in [5.41, 5.74) is 5.12. The summed E-state index contributed by atoms with van der Waals surface area (Å²) >= 11 is 0. The standard InChI is InChI=1S/C15H18O3/c1-17-15-12-11(10-6-3-7-18-14(10)12)8-4-2-5-9(8)13(15)16/h10,14,16H,2-7H2,1H3. The summed E-state index contributed by atoms with van der Waals surface area (Å²) in [5.74, 6) is 1.60. The first-order valence-corrected chi connectivity index (χ1v) is 6.89. The highest BCUT2D eigenvalue weighted by Gasteiger charge is 2.47. The molecule has 1 heterocycles. The Morgan fingerprint density at radius 2 is 2.00 bits per heavy atom. The average Bonchev–Trinajstić information content (AvgIpc) is 2.84. The molecular formula is C15H18O3. The van der Waals surface area contributed by atoms with Gasteiger partial charge in [-0.3, -0.25) is 0 Å². The molecule has 1 aromatic rings. The molecule has 0 spiro atoms. The lowest BCUT2D eigenvalue weighted by molar-refractivity contribution is -0.0244. The van der Waals surface area contributed by atoms with Gasteiger partial charge < -0.3 is 14.6 Å². The number of hydrogen-bond donors (Lipinski definition) is 1. The van der Waals surface area contributed by atoms with Gasteiger partial charge in [0.1, 0.15) is 0 Å². The molecule has 1 N–H and O–H groups in total. The van der Waals surface area contributed by atoms with Gasteiger partial charge in [-0.1, -0.05) is 0 Å². The van der Waals surface area contributed by atoms with Crippen LogP contribution in [0.2, 0.25) is 0 Å². The van der Waals surface area contributed by atoms with Crippen molar-refractivity contribution in [3.05, 3.63) is 22.3 Å². The Morgan fingerprint density at radius 3 is 2.83 bits per heavy atom. The molecule has 1 saturated heterocycles. The summed E-state index contributed by atoms with van der Waals surface area (Å²) < 4.78 is 11.3. The van der Waals surface area contributed by atoms with Gasteiger partial charge in [-0.2, -0.15) is 0 Å². The van der Waals surface area contributed by atoms with Crippen LogP contribution in [-0.2, 0) is 17.6 Å². The monoisotopic (exact) mass is 246 g/mol. The summed E-state index contributed by atoms with van der Waals surface area (Å²) in [7, 11) is 1.65. The van der Waals surface area contributed by atoms with E-state index >= 15 is 0 Å². The lowest BCUT2D eigenvalue weighted by atomic mass is 9.67. The molecule has 2 atom stereocenters. The molecule has 0 aromatic heterocycles. The number of aromatic hydroxyl groups is 1. The zero-order valence-electron chi connectivity index (χ0n) is 10.7. The fourth-order valence-corrected chi connectivity index (χ4v) is 4.03. The van der Waals surface area contributed by atoms with Crippen molar-refractivity contribution in [2.24, 2.45) is 0 Å². The van der Waals surface area contributed by atoms with E-state index in [9.17, 15) is 5.11 Å². The van der Waals surface area contributed by atoms with E-state index in [0.29, 0.717) is 17.4 Å². The summed E-state index contributed by atoms with van der Waals surface area (Å²) in [4.78, 5) is 0. The minimum absolute atomic E-state index is 0.167. The molecule has 0 bridgehead atoms. The highest BCUT2D eigenvalue weighted by Crippen LogP contribution is 2.61. The number of methoxy groups -OCH3 is 1. The molecule has 0 radical (unpaired) electrons. The molecule has 3 heteroatoms. The number of benzene rings is 1. The lowest BCUT2D eigenvalue weighted by Crippen LogP contribution is -2.33. The fraction of sp³-hybridized carbons (Fsp3) is 0.600. The summed E-state index contributed by atoms with van der Waals surface area (Å²) in [5, 5.41) is 10.4. The van der Waals surface area contributed by atoms with Gasteiger partial charge in [-0.15, -0.1) is 0 Å². The average molecular weight is 246 g/mol. The maximum absolute atomic E-state index is 10.4. The largest absolute Gasteiger partial charge is 0.504 e. The Labute approximate surface area is 107 Å². The van der Waals surface area contributed by atoms with Crippen LogP contribution in [0, 0.1) is 0 Å². The van der Waals surface area contributed by atoms with E-state index in [0.717, 1.165) is 43.4 Å². The van der Waals surface area contributed by atoms with Gasteiger partial charge >= 0.3 is 0 Å². The van der Waals surface area contributed by atoms with Gasteiger partial charge in [0.25, 0.3) is 0 Å². The molecule has 1 aromatic carbocycles. The molecule has 0 saturated carbocycles. The Kier molecular flexibility index (Phi) is 2.16. The van der Waals surface area contributed by atoms with Gasteiger partial charge in [0.05, 0.1) is 13.2 Å². The Morgan fingerprint density at radius 1 is 1.17 bits per heavy atom. The van der Waals surface area contributed by atoms with E-state index in [1.807, 2.05) is 0 Å². The predicted molar refractivity (Wildman–Crippen MR) is 67.4 cm³/mol. The van der Waals surface area contributed by atoms with Crippen LogP contribution in [0.25, 0.3) is 0 Å². The minimum atomic E-state index is 0.167. The number of phenols is 1. The highest BCUT2D eigenvalue weighted by molar-refractivity contribution is 5.67. The molecule has 1 fully saturated rings. The second-order valence-corrected chi connectivity index (χ2v) is 5.56. The van der Waals surface area contributed by atoms with E-state index in [4.69, 9.17) is 9.47 Å². The van der Waals surface area contributed by atoms with E-state index in [-0.39, 0.29) is 6.10 Å². The second kappa shape index (κ2) is 3.64. The van der Waals surface area contributed by atoms with Gasteiger partial charge in [-0.05, 0) is 43.2 Å². The van der Waals surface area contributed by atoms with E-state index in [1.54, 1.807) is 7.11 Å². The molecule has 2 unspecified atom stereocenters. The zero-order valence-corrected chi connectivity index (χ0v) is 10.7. The number of ether oxygens (including phenoxy) is 2. The van der Waals surface area contributed by atoms with Crippen LogP contribution in [0.3, 0.4) is 0 Å². The van der Waals surface area contributed by atoms with Crippen LogP contribution in [-0.4, -0.2) is 18.8 Å². The van der Waals surface area contributed by atoms with E-state index in [2.05, 4.69) is 0 Å². The molecule has 96 valence electrons. The van der Waals surface area contributed by atoms with Crippen LogP contribution >= 0.6 is 0 Å². The van der Waals surface area contributed by atoms with Gasteiger partial charge in [0, 0.05) is 23.7 Å². The van der Waals surface area contributed by atoms with Crippen molar-refractivity contribution >= 4 is 0 Å². The number of phenolic OH excluding ortho intramolecular Hbond substituents is 1. The third kappa shape index (κ3) is 1.13. The fourth-order valence-electron chi connectivity index (χ4n) is 4.03. The zero-order chi connectivity index (χ0) is 12.3. The van der Waals surface area contributed by atoms with E-state index in [1.165, 1.54) is 17.5 Å². The smallest absolute Gasteiger partial charge is 0.166 e. The van der Waals surface area contributed by atoms with Crippen molar-refractivity contribution in [3.63, 3.8) is 0 Å². The van der Waals surface area contributed by atoms with Crippen LogP contribution in [0.4, 0.5) is 0 Å². The first-order valence-electron chi connectivity index (χ1n) is 6.89. The van der Waals surface area contributed by atoms with Crippen molar-refractivity contribution < 1.29 is 14.6 Å². The van der Waals surface area contributed by atoms with Crippen LogP contribution in [0.15, 0.2) is 0 Å². The second-order valence-electron chi connectivity index (χ2n) is 5.56. The van der Waals surface area contributed by atoms with Crippen LogP contribution in [0.5, 0.6) is 11.5 Å². The predicted octanol–water partition coefficient (Wildman–Crippen LogP) is 2.84. The van der Waals surface area contributed by atoms with Crippen molar-refractivity contribution in [2.45, 2.75) is 44.1 Å². The molecule has 2 aliphatic carbocycles. The minimum Gasteiger partial charge on any atom is -0.504 e. The Balaban J connectivity index is 1.96. The van der Waals surface area contributed by atoms with Crippen LogP contribution in [0.1, 0.15) is 53.5 Å². The summed E-state index contributed by atoms with van der Waals surface area (Å²) in [6, 6.07) is 0. The highest BCUT2D eigenvalue weighted by atomic mass is 16.5. The maximum atomic E-state index is 10.4. The summed E-state index contributed by atoms with van der Waals surface area (Å²) in [6.07, 6.45) is 5.79. The quantitative estimate of drug-likeness (QED) is 0.828. The van der Waals surface area contributed by atoms with Crippen LogP contribution < -0.4 is 4.74 Å². The third-order valence-corrected chi connectivity index (χ3v) is 4.76. The molecule has 3 aliphatic rings. The maximum Gasteiger partial charge on any atom is 0.166 e. The van der Waals surface area contributed by atoms with Gasteiger partial charge in [0.2, 0.25) is 0 Å². The van der Waals surface area contributed by atoms with Crippen molar-refractivity contribution in [1.82, 2.24) is 0 Å². The van der Waals surface area contributed by atoms with Crippen molar-refractivity contribution in [3.8, 4) is 11.5 Å². The first kappa shape index (κ1) is 10.7. The summed E-state index contributed by atoms with van der Waals surface area (Å²) in [6.45, 7) is 0.835. The SMILES string of the molecule is COc1c(O)c2c(c3c1C1OCCCC31)CCC2. The number of rotatable bonds is 1. The third-order valence-electron chi connectivity index (χ3n) is 4.76. The van der Waals surface area contributed by atoms with Gasteiger partial charge in [0.15, 0.2) is 11.5 Å². The molecule has 18 heavy (non-hydrogen) atoms. The van der Waals surface area contributed by atoms with E-state index < -0.39 is 0 Å². The molecule has 3 nitrogen and oxygen atoms in total. The normalized spacial score (nSPS) is 28.1. The number of hydrogen-bond acceptors (Lipinski definition) is 3. The molecule has 4 rings (SSSR count). The number of fused-ring (bicyclic) bond motifs is 6. The molecular weight excluding hydrogens is 228 g/mol. The van der Waals surface area contributed by atoms with Gasteiger partial charge in [-0.25, -0.2) is 0 Å².